The smallest absolute Gasteiger partial charge is 0.364 e. The molecule has 0 aliphatic rings. The van der Waals surface area contributed by atoms with E-state index in [1.54, 1.807) is 0 Å². The van der Waals surface area contributed by atoms with Crippen LogP contribution < -0.4 is 5.73 Å². The second-order valence-electron chi connectivity index (χ2n) is 4.31. The first-order valence-electron chi connectivity index (χ1n) is 6.86. The Kier molecular flexibility index (Phi) is 10.9. The molecule has 102 valence electrons. The van der Waals surface area contributed by atoms with Gasteiger partial charge in [-0.05, 0) is 37.6 Å². The summed E-state index contributed by atoms with van der Waals surface area (Å²) in [5.74, 6) is 0. The lowest BCUT2D eigenvalue weighted by Gasteiger charge is -2.27. The molecule has 0 radical (unpaired) electrons. The maximum Gasteiger partial charge on any atom is 0.364 e. The molecule has 2 N–H and O–H groups in total. The van der Waals surface area contributed by atoms with E-state index in [-0.39, 0.29) is 0 Å². The van der Waals surface area contributed by atoms with Crippen LogP contribution in [0.3, 0.4) is 0 Å². The molecule has 17 heavy (non-hydrogen) atoms. The molecule has 0 unspecified atom stereocenters. The molecular formula is C13H29NO2Si. The molecule has 0 spiro atoms. The summed E-state index contributed by atoms with van der Waals surface area (Å²) in [4.78, 5) is 0. The average molecular weight is 259 g/mol. The van der Waals surface area contributed by atoms with Crippen LogP contribution in [0.25, 0.3) is 0 Å². The van der Waals surface area contributed by atoms with E-state index in [1.807, 2.05) is 5.70 Å². The first-order valence-corrected chi connectivity index (χ1v) is 8.96. The molecule has 4 heteroatoms. The number of hydrogen-bond donors (Lipinski definition) is 1. The molecule has 0 aliphatic heterocycles. The van der Waals surface area contributed by atoms with Gasteiger partial charge in [0.2, 0.25) is 0 Å². The van der Waals surface area contributed by atoms with Crippen LogP contribution in [0.4, 0.5) is 0 Å². The lowest BCUT2D eigenvalue weighted by atomic mass is 10.4. The van der Waals surface area contributed by atoms with Crippen molar-refractivity contribution >= 4 is 8.56 Å². The largest absolute Gasteiger partial charge is 0.391 e. The van der Waals surface area contributed by atoms with Crippen molar-refractivity contribution in [3.8, 4) is 0 Å². The highest BCUT2D eigenvalue weighted by atomic mass is 28.4. The lowest BCUT2D eigenvalue weighted by Crippen LogP contribution is -2.41. The number of nitrogens with two attached hydrogens (primary N) is 1. The van der Waals surface area contributed by atoms with E-state index in [9.17, 15) is 0 Å². The summed E-state index contributed by atoms with van der Waals surface area (Å²) in [6, 6.07) is 0.931. The normalized spacial score (nSPS) is 11.7. The topological polar surface area (TPSA) is 44.5 Å². The molecule has 0 saturated heterocycles. The first kappa shape index (κ1) is 16.8. The van der Waals surface area contributed by atoms with Crippen LogP contribution in [0.1, 0.15) is 46.0 Å². The van der Waals surface area contributed by atoms with Gasteiger partial charge in [-0.1, -0.05) is 26.7 Å². The summed E-state index contributed by atoms with van der Waals surface area (Å²) in [6.45, 7) is 10.5. The molecule has 0 rings (SSSR count). The summed E-state index contributed by atoms with van der Waals surface area (Å²) in [6.07, 6.45) is 5.42. The summed E-state index contributed by atoms with van der Waals surface area (Å²) in [5, 5.41) is 0. The molecule has 0 saturated carbocycles. The van der Waals surface area contributed by atoms with Gasteiger partial charge < -0.3 is 14.6 Å². The Balaban J connectivity index is 4.22. The standard InChI is InChI=1S/C13H29NO2Si/c1-4-7-11-15-17(6-3,13-9-10-14)16-12-8-5-2/h6H,3-5,7-14H2,1-2H3. The predicted molar refractivity (Wildman–Crippen MR) is 76.1 cm³/mol. The maximum atomic E-state index is 6.01. The van der Waals surface area contributed by atoms with Crippen LogP contribution in [0.5, 0.6) is 0 Å². The van der Waals surface area contributed by atoms with Crippen molar-refractivity contribution in [1.29, 1.82) is 0 Å². The van der Waals surface area contributed by atoms with Gasteiger partial charge in [-0.2, -0.15) is 0 Å². The fraction of sp³-hybridized carbons (Fsp3) is 0.846. The predicted octanol–water partition coefficient (Wildman–Crippen LogP) is 3.14. The third-order valence-electron chi connectivity index (χ3n) is 2.73. The van der Waals surface area contributed by atoms with Crippen LogP contribution in [0.2, 0.25) is 6.04 Å². The Morgan fingerprint density at radius 1 is 1.06 bits per heavy atom. The minimum Gasteiger partial charge on any atom is -0.391 e. The Labute approximate surface area is 108 Å². The van der Waals surface area contributed by atoms with Gasteiger partial charge in [0.05, 0.1) is 0 Å². The summed E-state index contributed by atoms with van der Waals surface area (Å²) in [5.41, 5.74) is 7.50. The molecule has 0 bridgehead atoms. The minimum absolute atomic E-state index is 0.691. The van der Waals surface area contributed by atoms with Crippen molar-refractivity contribution in [3.05, 3.63) is 12.3 Å². The molecule has 0 aliphatic carbocycles. The number of hydrogen-bond acceptors (Lipinski definition) is 3. The number of unbranched alkanes of at least 4 members (excludes halogenated alkanes) is 2. The molecular weight excluding hydrogens is 230 g/mol. The van der Waals surface area contributed by atoms with Gasteiger partial charge in [0.1, 0.15) is 0 Å². The third kappa shape index (κ3) is 7.71. The van der Waals surface area contributed by atoms with Crippen molar-refractivity contribution in [3.63, 3.8) is 0 Å². The highest BCUT2D eigenvalue weighted by Crippen LogP contribution is 2.18. The molecule has 0 heterocycles. The van der Waals surface area contributed by atoms with Gasteiger partial charge in [0.25, 0.3) is 0 Å². The van der Waals surface area contributed by atoms with E-state index in [2.05, 4.69) is 20.4 Å². The SMILES string of the molecule is C=C[Si](CCCN)(OCCCC)OCCCC. The van der Waals surface area contributed by atoms with Crippen molar-refractivity contribution in [2.45, 2.75) is 52.0 Å². The highest BCUT2D eigenvalue weighted by molar-refractivity contribution is 6.72. The zero-order valence-electron chi connectivity index (χ0n) is 11.5. The van der Waals surface area contributed by atoms with E-state index in [0.29, 0.717) is 6.54 Å². The minimum atomic E-state index is -2.18. The highest BCUT2D eigenvalue weighted by Gasteiger charge is 2.33. The van der Waals surface area contributed by atoms with Crippen LogP contribution in [-0.2, 0) is 8.85 Å². The fourth-order valence-electron chi connectivity index (χ4n) is 1.53. The summed E-state index contributed by atoms with van der Waals surface area (Å²) in [7, 11) is -2.18. The molecule has 0 atom stereocenters. The quantitative estimate of drug-likeness (QED) is 0.432. The fourth-order valence-corrected chi connectivity index (χ4v) is 4.02. The number of rotatable bonds is 12. The summed E-state index contributed by atoms with van der Waals surface area (Å²) < 4.78 is 12.0. The van der Waals surface area contributed by atoms with Crippen molar-refractivity contribution < 1.29 is 8.85 Å². The average Bonchev–Trinajstić information content (AvgIpc) is 2.36. The van der Waals surface area contributed by atoms with E-state index in [0.717, 1.165) is 51.4 Å². The molecule has 0 aromatic rings. The van der Waals surface area contributed by atoms with E-state index < -0.39 is 8.56 Å². The van der Waals surface area contributed by atoms with Gasteiger partial charge in [0, 0.05) is 13.2 Å². The van der Waals surface area contributed by atoms with Crippen LogP contribution in [-0.4, -0.2) is 28.3 Å². The molecule has 0 aromatic carbocycles. The Hall–Kier alpha value is -0.163. The van der Waals surface area contributed by atoms with E-state index in [1.165, 1.54) is 0 Å². The van der Waals surface area contributed by atoms with Crippen molar-refractivity contribution in [2.75, 3.05) is 19.8 Å². The molecule has 0 aromatic heterocycles. The van der Waals surface area contributed by atoms with Gasteiger partial charge in [-0.15, -0.1) is 6.58 Å². The van der Waals surface area contributed by atoms with Gasteiger partial charge >= 0.3 is 8.56 Å². The zero-order valence-corrected chi connectivity index (χ0v) is 12.5. The summed E-state index contributed by atoms with van der Waals surface area (Å²) >= 11 is 0. The second-order valence-corrected chi connectivity index (χ2v) is 7.42. The van der Waals surface area contributed by atoms with E-state index in [4.69, 9.17) is 14.6 Å². The monoisotopic (exact) mass is 259 g/mol. The Morgan fingerprint density at radius 3 is 1.94 bits per heavy atom. The van der Waals surface area contributed by atoms with E-state index >= 15 is 0 Å². The van der Waals surface area contributed by atoms with Crippen LogP contribution >= 0.6 is 0 Å². The van der Waals surface area contributed by atoms with Gasteiger partial charge in [-0.3, -0.25) is 0 Å². The molecule has 0 fully saturated rings. The Morgan fingerprint density at radius 2 is 1.59 bits per heavy atom. The molecule has 3 nitrogen and oxygen atoms in total. The van der Waals surface area contributed by atoms with Gasteiger partial charge in [-0.25, -0.2) is 0 Å². The van der Waals surface area contributed by atoms with Crippen molar-refractivity contribution in [2.24, 2.45) is 5.73 Å². The van der Waals surface area contributed by atoms with Crippen LogP contribution in [0.15, 0.2) is 12.3 Å². The first-order chi connectivity index (χ1) is 8.24. The third-order valence-corrected chi connectivity index (χ3v) is 5.79. The van der Waals surface area contributed by atoms with Crippen molar-refractivity contribution in [1.82, 2.24) is 0 Å². The van der Waals surface area contributed by atoms with Gasteiger partial charge in [0.15, 0.2) is 0 Å². The lowest BCUT2D eigenvalue weighted by molar-refractivity contribution is 0.173. The Bertz CT molecular complexity index is 178. The van der Waals surface area contributed by atoms with Crippen LogP contribution in [0, 0.1) is 0 Å². The zero-order chi connectivity index (χ0) is 13.0. The second kappa shape index (κ2) is 11.0. The molecule has 0 amide bonds. The maximum absolute atomic E-state index is 6.01.